The van der Waals surface area contributed by atoms with Gasteiger partial charge in [-0.1, -0.05) is 155 Å². The van der Waals surface area contributed by atoms with E-state index in [-0.39, 0.29) is 0 Å². The zero-order valence-electron chi connectivity index (χ0n) is 23.8. The van der Waals surface area contributed by atoms with Crippen LogP contribution in [0.2, 0.25) is 0 Å². The minimum atomic E-state index is -0.665. The van der Waals surface area contributed by atoms with Crippen molar-refractivity contribution in [3.05, 3.63) is 0 Å². The number of unbranched alkanes of at least 4 members (excludes halogenated alkanes) is 24. The molecule has 0 fully saturated rings. The number of aliphatic carboxylic acids is 1. The third-order valence-electron chi connectivity index (χ3n) is 7.41. The SMILES string of the molecule is CCCCCCCCCCCCCCCC(=O)CCCCCCCCCCCCCCCC(=O)O. The summed E-state index contributed by atoms with van der Waals surface area (Å²) >= 11 is 0. The smallest absolute Gasteiger partial charge is 0.303 e. The molecule has 0 aliphatic rings. The Labute approximate surface area is 219 Å². The molecule has 0 atom stereocenters. The van der Waals surface area contributed by atoms with Crippen LogP contribution in [0.5, 0.6) is 0 Å². The summed E-state index contributed by atoms with van der Waals surface area (Å²) in [6, 6.07) is 0. The largest absolute Gasteiger partial charge is 0.481 e. The lowest BCUT2D eigenvalue weighted by Gasteiger charge is -2.04. The van der Waals surface area contributed by atoms with E-state index in [9.17, 15) is 9.59 Å². The molecule has 0 heterocycles. The van der Waals surface area contributed by atoms with Gasteiger partial charge >= 0.3 is 5.97 Å². The minimum Gasteiger partial charge on any atom is -0.481 e. The second-order valence-electron chi connectivity index (χ2n) is 11.0. The van der Waals surface area contributed by atoms with Gasteiger partial charge in [-0.3, -0.25) is 9.59 Å². The zero-order chi connectivity index (χ0) is 25.7. The van der Waals surface area contributed by atoms with Crippen molar-refractivity contribution < 1.29 is 14.7 Å². The minimum absolute atomic E-state index is 0.327. The zero-order valence-corrected chi connectivity index (χ0v) is 23.8. The molecule has 0 aromatic rings. The van der Waals surface area contributed by atoms with Crippen molar-refractivity contribution in [1.29, 1.82) is 0 Å². The van der Waals surface area contributed by atoms with Crippen LogP contribution in [-0.2, 0) is 9.59 Å². The standard InChI is InChI=1S/C32H62O3/c1-2-3-4-5-6-7-8-10-13-16-19-22-25-28-31(33)29-26-23-20-17-14-11-9-12-15-18-21-24-27-30-32(34)35/h2-30H2,1H3,(H,34,35). The van der Waals surface area contributed by atoms with Crippen LogP contribution in [0.25, 0.3) is 0 Å². The summed E-state index contributed by atoms with van der Waals surface area (Å²) in [4.78, 5) is 22.5. The van der Waals surface area contributed by atoms with Crippen LogP contribution >= 0.6 is 0 Å². The molecule has 0 spiro atoms. The predicted octanol–water partition coefficient (Wildman–Crippen LogP) is 11.0. The van der Waals surface area contributed by atoms with Crippen LogP contribution in [0.1, 0.15) is 193 Å². The molecule has 0 aromatic heterocycles. The van der Waals surface area contributed by atoms with Gasteiger partial charge in [0.1, 0.15) is 5.78 Å². The van der Waals surface area contributed by atoms with Crippen molar-refractivity contribution in [3.63, 3.8) is 0 Å². The number of rotatable bonds is 30. The quantitative estimate of drug-likeness (QED) is 0.101. The highest BCUT2D eigenvalue weighted by atomic mass is 16.4. The number of carboxylic acids is 1. The van der Waals surface area contributed by atoms with Crippen molar-refractivity contribution in [2.24, 2.45) is 0 Å². The summed E-state index contributed by atoms with van der Waals surface area (Å²) in [6.07, 6.45) is 35.6. The van der Waals surface area contributed by atoms with E-state index in [4.69, 9.17) is 5.11 Å². The van der Waals surface area contributed by atoms with Gasteiger partial charge in [0.2, 0.25) is 0 Å². The first-order valence-electron chi connectivity index (χ1n) is 15.9. The molecule has 0 unspecified atom stereocenters. The Bertz CT molecular complexity index is 446. The second-order valence-corrected chi connectivity index (χ2v) is 11.0. The predicted molar refractivity (Wildman–Crippen MR) is 152 cm³/mol. The van der Waals surface area contributed by atoms with Crippen LogP contribution in [0.4, 0.5) is 0 Å². The fourth-order valence-corrected chi connectivity index (χ4v) is 5.01. The van der Waals surface area contributed by atoms with Crippen molar-refractivity contribution in [2.75, 3.05) is 0 Å². The van der Waals surface area contributed by atoms with Gasteiger partial charge in [-0.15, -0.1) is 0 Å². The van der Waals surface area contributed by atoms with E-state index >= 15 is 0 Å². The highest BCUT2D eigenvalue weighted by molar-refractivity contribution is 5.78. The number of hydrogen-bond donors (Lipinski definition) is 1. The van der Waals surface area contributed by atoms with E-state index in [2.05, 4.69) is 6.92 Å². The lowest BCUT2D eigenvalue weighted by atomic mass is 10.0. The molecule has 0 radical (unpaired) electrons. The van der Waals surface area contributed by atoms with E-state index in [1.54, 1.807) is 0 Å². The molecule has 0 aromatic carbocycles. The Hall–Kier alpha value is -0.860. The fraction of sp³-hybridized carbons (Fsp3) is 0.938. The molecule has 0 saturated heterocycles. The van der Waals surface area contributed by atoms with Crippen molar-refractivity contribution in [2.45, 2.75) is 193 Å². The van der Waals surface area contributed by atoms with Gasteiger partial charge in [0.05, 0.1) is 0 Å². The molecule has 0 saturated carbocycles. The van der Waals surface area contributed by atoms with E-state index in [0.717, 1.165) is 38.5 Å². The number of ketones is 1. The van der Waals surface area contributed by atoms with Crippen molar-refractivity contribution >= 4 is 11.8 Å². The Balaban J connectivity index is 3.15. The molecular weight excluding hydrogens is 432 g/mol. The maximum Gasteiger partial charge on any atom is 0.303 e. The molecule has 1 N–H and O–H groups in total. The molecule has 0 aliphatic heterocycles. The third kappa shape index (κ3) is 31.1. The first-order chi connectivity index (χ1) is 17.2. The lowest BCUT2D eigenvalue weighted by Crippen LogP contribution is -1.97. The van der Waals surface area contributed by atoms with E-state index in [1.807, 2.05) is 0 Å². The molecule has 208 valence electrons. The Kier molecular flexibility index (Phi) is 28.6. The van der Waals surface area contributed by atoms with E-state index < -0.39 is 5.97 Å². The molecule has 3 nitrogen and oxygen atoms in total. The van der Waals surface area contributed by atoms with Gasteiger partial charge in [-0.05, 0) is 19.3 Å². The van der Waals surface area contributed by atoms with Gasteiger partial charge in [0, 0.05) is 19.3 Å². The van der Waals surface area contributed by atoms with Gasteiger partial charge in [0.15, 0.2) is 0 Å². The number of carboxylic acid groups (broad SMARTS) is 1. The van der Waals surface area contributed by atoms with Crippen LogP contribution in [-0.4, -0.2) is 16.9 Å². The highest BCUT2D eigenvalue weighted by Gasteiger charge is 2.02. The molecular formula is C32H62O3. The first-order valence-corrected chi connectivity index (χ1v) is 15.9. The Morgan fingerprint density at radius 1 is 0.371 bits per heavy atom. The number of Topliss-reactive ketones (excluding diaryl/α,β-unsaturated/α-hetero) is 1. The van der Waals surface area contributed by atoms with Crippen LogP contribution < -0.4 is 0 Å². The summed E-state index contributed by atoms with van der Waals surface area (Å²) in [5, 5.41) is 8.61. The summed E-state index contributed by atoms with van der Waals surface area (Å²) in [5.74, 6) is -0.169. The van der Waals surface area contributed by atoms with Gasteiger partial charge in [0.25, 0.3) is 0 Å². The molecule has 0 aliphatic carbocycles. The van der Waals surface area contributed by atoms with Crippen LogP contribution in [0.15, 0.2) is 0 Å². The average molecular weight is 495 g/mol. The number of hydrogen-bond acceptors (Lipinski definition) is 2. The summed E-state index contributed by atoms with van der Waals surface area (Å²) in [7, 11) is 0. The van der Waals surface area contributed by atoms with E-state index in [0.29, 0.717) is 12.2 Å². The fourth-order valence-electron chi connectivity index (χ4n) is 5.01. The maximum absolute atomic E-state index is 12.1. The molecule has 0 rings (SSSR count). The van der Waals surface area contributed by atoms with Crippen LogP contribution in [0, 0.1) is 0 Å². The summed E-state index contributed by atoms with van der Waals surface area (Å²) in [6.45, 7) is 2.28. The maximum atomic E-state index is 12.1. The second kappa shape index (κ2) is 29.4. The third-order valence-corrected chi connectivity index (χ3v) is 7.41. The van der Waals surface area contributed by atoms with Crippen LogP contribution in [0.3, 0.4) is 0 Å². The molecule has 0 amide bonds. The summed E-state index contributed by atoms with van der Waals surface area (Å²) in [5.41, 5.74) is 0. The topological polar surface area (TPSA) is 54.4 Å². The van der Waals surface area contributed by atoms with Gasteiger partial charge in [-0.2, -0.15) is 0 Å². The average Bonchev–Trinajstić information content (AvgIpc) is 2.84. The lowest BCUT2D eigenvalue weighted by molar-refractivity contribution is -0.137. The Morgan fingerprint density at radius 2 is 0.600 bits per heavy atom. The van der Waals surface area contributed by atoms with Gasteiger partial charge in [-0.25, -0.2) is 0 Å². The van der Waals surface area contributed by atoms with E-state index in [1.165, 1.54) is 141 Å². The first kappa shape index (κ1) is 34.1. The Morgan fingerprint density at radius 3 is 0.857 bits per heavy atom. The van der Waals surface area contributed by atoms with Crippen molar-refractivity contribution in [1.82, 2.24) is 0 Å². The van der Waals surface area contributed by atoms with Crippen molar-refractivity contribution in [3.8, 4) is 0 Å². The normalized spacial score (nSPS) is 11.2. The molecule has 3 heteroatoms. The summed E-state index contributed by atoms with van der Waals surface area (Å²) < 4.78 is 0. The van der Waals surface area contributed by atoms with Gasteiger partial charge < -0.3 is 5.11 Å². The highest BCUT2D eigenvalue weighted by Crippen LogP contribution is 2.15. The molecule has 0 bridgehead atoms. The monoisotopic (exact) mass is 494 g/mol. The molecule has 35 heavy (non-hydrogen) atoms. The number of carbonyl (C=O) groups excluding carboxylic acids is 1. The number of carbonyl (C=O) groups is 2.